The first kappa shape index (κ1) is 14.0. The van der Waals surface area contributed by atoms with Gasteiger partial charge in [-0.05, 0) is 32.3 Å². The Labute approximate surface area is 123 Å². The number of nitrogens with one attached hydrogen (secondary N) is 1. The molecular formula is C15H20N4O2. The summed E-state index contributed by atoms with van der Waals surface area (Å²) in [5.74, 6) is -0.184. The topological polar surface area (TPSA) is 79.5 Å². The van der Waals surface area contributed by atoms with Crippen LogP contribution < -0.4 is 5.32 Å². The molecule has 21 heavy (non-hydrogen) atoms. The maximum Gasteiger partial charge on any atom is 0.270 e. The summed E-state index contributed by atoms with van der Waals surface area (Å²) in [4.78, 5) is 16.6. The standard InChI is InChI=1S/C15H20N4O2/c1-11-10-12(19-13(18-11)4-8-17-19)14(20)16-9-7-15(21)5-2-3-6-15/h4,8,10,21H,2-3,5-7,9H2,1H3,(H,16,20). The van der Waals surface area contributed by atoms with E-state index in [1.165, 1.54) is 4.52 Å². The summed E-state index contributed by atoms with van der Waals surface area (Å²) >= 11 is 0. The van der Waals surface area contributed by atoms with Gasteiger partial charge in [-0.2, -0.15) is 5.10 Å². The van der Waals surface area contributed by atoms with Crippen LogP contribution >= 0.6 is 0 Å². The van der Waals surface area contributed by atoms with E-state index in [-0.39, 0.29) is 5.91 Å². The van der Waals surface area contributed by atoms with Crippen molar-refractivity contribution < 1.29 is 9.90 Å². The van der Waals surface area contributed by atoms with Gasteiger partial charge in [0.2, 0.25) is 0 Å². The second kappa shape index (κ2) is 5.44. The number of nitrogens with zero attached hydrogens (tertiary/aromatic N) is 3. The van der Waals surface area contributed by atoms with Crippen molar-refractivity contribution in [2.24, 2.45) is 0 Å². The second-order valence-corrected chi connectivity index (χ2v) is 5.82. The van der Waals surface area contributed by atoms with Crippen molar-refractivity contribution in [3.63, 3.8) is 0 Å². The molecule has 0 atom stereocenters. The molecule has 0 radical (unpaired) electrons. The third-order valence-corrected chi connectivity index (χ3v) is 4.13. The minimum Gasteiger partial charge on any atom is -0.390 e. The zero-order chi connectivity index (χ0) is 14.9. The Bertz CT molecular complexity index is 659. The largest absolute Gasteiger partial charge is 0.390 e. The van der Waals surface area contributed by atoms with Gasteiger partial charge < -0.3 is 10.4 Å². The predicted octanol–water partition coefficient (Wildman–Crippen LogP) is 1.46. The normalized spacial score (nSPS) is 17.2. The molecule has 6 heteroatoms. The van der Waals surface area contributed by atoms with Gasteiger partial charge in [0.05, 0.1) is 11.8 Å². The third kappa shape index (κ3) is 2.90. The number of hydrogen-bond acceptors (Lipinski definition) is 4. The number of carbonyl (C=O) groups is 1. The monoisotopic (exact) mass is 288 g/mol. The van der Waals surface area contributed by atoms with Crippen molar-refractivity contribution in [1.82, 2.24) is 19.9 Å². The molecule has 6 nitrogen and oxygen atoms in total. The van der Waals surface area contributed by atoms with Gasteiger partial charge in [-0.25, -0.2) is 9.50 Å². The lowest BCUT2D eigenvalue weighted by molar-refractivity contribution is 0.0389. The SMILES string of the molecule is Cc1cc(C(=O)NCCC2(O)CCCC2)n2nccc2n1. The van der Waals surface area contributed by atoms with Gasteiger partial charge in [-0.15, -0.1) is 0 Å². The molecule has 0 aromatic carbocycles. The van der Waals surface area contributed by atoms with E-state index in [9.17, 15) is 9.90 Å². The number of rotatable bonds is 4. The highest BCUT2D eigenvalue weighted by Gasteiger charge is 2.30. The van der Waals surface area contributed by atoms with Crippen LogP contribution in [-0.4, -0.2) is 37.8 Å². The average Bonchev–Trinajstić information content (AvgIpc) is 3.06. The summed E-state index contributed by atoms with van der Waals surface area (Å²) in [6.07, 6.45) is 6.04. The fraction of sp³-hybridized carbons (Fsp3) is 0.533. The molecule has 3 rings (SSSR count). The zero-order valence-corrected chi connectivity index (χ0v) is 12.2. The maximum atomic E-state index is 12.3. The van der Waals surface area contributed by atoms with Crippen LogP contribution in [-0.2, 0) is 0 Å². The van der Waals surface area contributed by atoms with Crippen LogP contribution in [0.25, 0.3) is 5.65 Å². The lowest BCUT2D eigenvalue weighted by Crippen LogP contribution is -2.33. The van der Waals surface area contributed by atoms with Crippen molar-refractivity contribution in [2.75, 3.05) is 6.54 Å². The fourth-order valence-corrected chi connectivity index (χ4v) is 2.98. The molecule has 112 valence electrons. The zero-order valence-electron chi connectivity index (χ0n) is 12.2. The van der Waals surface area contributed by atoms with Crippen molar-refractivity contribution >= 4 is 11.6 Å². The van der Waals surface area contributed by atoms with E-state index in [2.05, 4.69) is 15.4 Å². The Morgan fingerprint density at radius 3 is 3.00 bits per heavy atom. The van der Waals surface area contributed by atoms with Crippen LogP contribution in [0.2, 0.25) is 0 Å². The third-order valence-electron chi connectivity index (χ3n) is 4.13. The predicted molar refractivity (Wildman–Crippen MR) is 78.1 cm³/mol. The molecule has 2 heterocycles. The lowest BCUT2D eigenvalue weighted by Gasteiger charge is -2.21. The van der Waals surface area contributed by atoms with Gasteiger partial charge in [0.1, 0.15) is 5.69 Å². The van der Waals surface area contributed by atoms with E-state index in [4.69, 9.17) is 0 Å². The highest BCUT2D eigenvalue weighted by Crippen LogP contribution is 2.31. The number of aromatic nitrogens is 3. The highest BCUT2D eigenvalue weighted by molar-refractivity contribution is 5.93. The van der Waals surface area contributed by atoms with Gasteiger partial charge in [0, 0.05) is 18.3 Å². The Morgan fingerprint density at radius 1 is 1.48 bits per heavy atom. The molecule has 1 fully saturated rings. The smallest absolute Gasteiger partial charge is 0.270 e. The molecule has 2 aromatic heterocycles. The number of aryl methyl sites for hydroxylation is 1. The Hall–Kier alpha value is -1.95. The van der Waals surface area contributed by atoms with Crippen LogP contribution in [0.15, 0.2) is 18.3 Å². The Morgan fingerprint density at radius 2 is 2.24 bits per heavy atom. The molecule has 0 unspecified atom stereocenters. The highest BCUT2D eigenvalue weighted by atomic mass is 16.3. The maximum absolute atomic E-state index is 12.3. The minimum absolute atomic E-state index is 0.184. The van der Waals surface area contributed by atoms with E-state index in [0.29, 0.717) is 24.3 Å². The van der Waals surface area contributed by atoms with Gasteiger partial charge in [0.25, 0.3) is 5.91 Å². The molecule has 0 aliphatic heterocycles. The molecule has 2 aromatic rings. The van der Waals surface area contributed by atoms with E-state index in [1.54, 1.807) is 18.3 Å². The van der Waals surface area contributed by atoms with E-state index >= 15 is 0 Å². The number of aliphatic hydroxyl groups is 1. The van der Waals surface area contributed by atoms with E-state index in [1.807, 2.05) is 6.92 Å². The quantitative estimate of drug-likeness (QED) is 0.892. The number of amides is 1. The van der Waals surface area contributed by atoms with Gasteiger partial charge in [-0.1, -0.05) is 12.8 Å². The van der Waals surface area contributed by atoms with Crippen molar-refractivity contribution in [3.05, 3.63) is 29.7 Å². The number of fused-ring (bicyclic) bond motifs is 1. The molecule has 2 N–H and O–H groups in total. The average molecular weight is 288 g/mol. The summed E-state index contributed by atoms with van der Waals surface area (Å²) in [5.41, 5.74) is 1.32. The molecule has 1 saturated carbocycles. The van der Waals surface area contributed by atoms with Crippen molar-refractivity contribution in [1.29, 1.82) is 0 Å². The minimum atomic E-state index is -0.595. The van der Waals surface area contributed by atoms with Gasteiger partial charge >= 0.3 is 0 Å². The summed E-state index contributed by atoms with van der Waals surface area (Å²) in [6.45, 7) is 2.32. The molecule has 0 saturated heterocycles. The number of hydrogen-bond donors (Lipinski definition) is 2. The molecule has 1 aliphatic rings. The Balaban J connectivity index is 1.68. The van der Waals surface area contributed by atoms with Crippen molar-refractivity contribution in [2.45, 2.75) is 44.6 Å². The van der Waals surface area contributed by atoms with Crippen LogP contribution in [0.1, 0.15) is 48.3 Å². The van der Waals surface area contributed by atoms with Gasteiger partial charge in [0.15, 0.2) is 5.65 Å². The summed E-state index contributed by atoms with van der Waals surface area (Å²) in [7, 11) is 0. The second-order valence-electron chi connectivity index (χ2n) is 5.82. The summed E-state index contributed by atoms with van der Waals surface area (Å²) in [6, 6.07) is 3.49. The molecule has 0 spiro atoms. The Kier molecular flexibility index (Phi) is 3.63. The van der Waals surface area contributed by atoms with Crippen molar-refractivity contribution in [3.8, 4) is 0 Å². The summed E-state index contributed by atoms with van der Waals surface area (Å²) in [5, 5.41) is 17.3. The summed E-state index contributed by atoms with van der Waals surface area (Å²) < 4.78 is 1.53. The number of carbonyl (C=O) groups excluding carboxylic acids is 1. The van der Waals surface area contributed by atoms with E-state index < -0.39 is 5.60 Å². The first-order valence-electron chi connectivity index (χ1n) is 7.39. The van der Waals surface area contributed by atoms with Gasteiger partial charge in [-0.3, -0.25) is 4.79 Å². The van der Waals surface area contributed by atoms with E-state index in [0.717, 1.165) is 31.4 Å². The van der Waals surface area contributed by atoms with Crippen LogP contribution in [0, 0.1) is 6.92 Å². The van der Waals surface area contributed by atoms with Crippen LogP contribution in [0.4, 0.5) is 0 Å². The molecule has 1 amide bonds. The molecular weight excluding hydrogens is 268 g/mol. The lowest BCUT2D eigenvalue weighted by atomic mass is 9.98. The first-order chi connectivity index (χ1) is 10.1. The van der Waals surface area contributed by atoms with Crippen LogP contribution in [0.3, 0.4) is 0 Å². The molecule has 0 bridgehead atoms. The fourth-order valence-electron chi connectivity index (χ4n) is 2.98. The molecule has 1 aliphatic carbocycles. The van der Waals surface area contributed by atoms with Crippen LogP contribution in [0.5, 0.6) is 0 Å². The first-order valence-corrected chi connectivity index (χ1v) is 7.39.